The Morgan fingerprint density at radius 3 is 1.29 bits per heavy atom. The van der Waals surface area contributed by atoms with Crippen molar-refractivity contribution in [3.05, 3.63) is 129 Å². The first-order valence-electron chi connectivity index (χ1n) is 40.8. The molecule has 15 unspecified atom stereocenters. The van der Waals surface area contributed by atoms with Gasteiger partial charge in [0.2, 0.25) is 0 Å². The third-order valence-electron chi connectivity index (χ3n) is 33.7. The van der Waals surface area contributed by atoms with Crippen LogP contribution < -0.4 is 0 Å². The molecule has 2 aromatic carbocycles. The van der Waals surface area contributed by atoms with E-state index >= 15 is 0 Å². The minimum Gasteiger partial charge on any atom is -0.508 e. The first kappa shape index (κ1) is 71.3. The molecule has 22 atom stereocenters. The molecule has 0 spiro atoms. The smallest absolute Gasteiger partial charge is 0.253 e. The lowest BCUT2D eigenvalue weighted by atomic mass is 9.52. The Kier molecular flexibility index (Phi) is 18.5. The number of allylic oxidation sites excluding steroid dienone is 11. The van der Waals surface area contributed by atoms with Gasteiger partial charge in [-0.3, -0.25) is 14.4 Å². The van der Waals surface area contributed by atoms with Crippen molar-refractivity contribution in [1.29, 1.82) is 0 Å². The van der Waals surface area contributed by atoms with Crippen molar-refractivity contribution < 1.29 is 55.3 Å². The molecule has 0 aromatic heterocycles. The van der Waals surface area contributed by atoms with Gasteiger partial charge < -0.3 is 10.2 Å². The molecule has 2 aromatic rings. The van der Waals surface area contributed by atoms with Gasteiger partial charge in [-0.2, -0.15) is 0 Å². The largest absolute Gasteiger partial charge is 0.508 e. The second-order valence-corrected chi connectivity index (χ2v) is 37.6. The number of hydrogen-bond acceptors (Lipinski definition) is 5. The second-order valence-electron chi connectivity index (χ2n) is 37.6. The summed E-state index contributed by atoms with van der Waals surface area (Å²) in [5, 5.41) is 19.3. The van der Waals surface area contributed by atoms with Gasteiger partial charge in [-0.05, 0) is 339 Å². The Balaban J connectivity index is 0.0000000987. The number of alkyl halides is 4. The fourth-order valence-corrected chi connectivity index (χ4v) is 28.0. The molecule has 0 bridgehead atoms. The molecule has 552 valence electrons. The zero-order valence-electron chi connectivity index (χ0n) is 61.5. The highest BCUT2D eigenvalue weighted by atomic mass is 19.3. The number of ketones is 3. The summed E-state index contributed by atoms with van der Waals surface area (Å²) in [4.78, 5) is 34.9. The summed E-state index contributed by atoms with van der Waals surface area (Å²) >= 11 is 0. The molecule has 0 aliphatic heterocycles. The maximum absolute atomic E-state index is 14.4. The van der Waals surface area contributed by atoms with E-state index in [-0.39, 0.29) is 64.2 Å². The molecule has 0 saturated heterocycles. The summed E-state index contributed by atoms with van der Waals surface area (Å²) in [6.07, 6.45) is 39.5. The van der Waals surface area contributed by atoms with Crippen molar-refractivity contribution in [2.75, 3.05) is 0 Å². The van der Waals surface area contributed by atoms with Gasteiger partial charge in [0.1, 0.15) is 34.8 Å². The lowest BCUT2D eigenvalue weighted by molar-refractivity contribution is -0.144. The maximum Gasteiger partial charge on any atom is 0.253 e. The predicted octanol–water partition coefficient (Wildman–Crippen LogP) is 23.7. The van der Waals surface area contributed by atoms with Crippen molar-refractivity contribution in [3.8, 4) is 11.5 Å². The summed E-state index contributed by atoms with van der Waals surface area (Å²) < 4.78 is 99.9. The van der Waals surface area contributed by atoms with Gasteiger partial charge in [-0.1, -0.05) is 87.3 Å². The van der Waals surface area contributed by atoms with Crippen LogP contribution in [0.3, 0.4) is 0 Å². The Bertz CT molecular complexity index is 3870. The SMILES string of the molecule is C[C@]12CCC3C(CCC4=CC(=O)CC[C@@H]43)C1CC=C2F.C[C@]12CCC3C(CCC4=CC(=O)CC[C@@H]43)C1CCC2(F)F.C[C@]12CCC3C4=C(CCC3C1CC=C2F)CC(=O)CC4.C[C@]12CCC3c4ccc(O)cc4CCC3C1CC=C2F.C[C@]12CCC3c4ccc(O)cc4CCC3C1CCC2(F)F. The highest BCUT2D eigenvalue weighted by molar-refractivity contribution is 5.92. The van der Waals surface area contributed by atoms with E-state index in [2.05, 4.69) is 26.8 Å². The molecule has 18 aliphatic rings. The molecule has 18 aliphatic carbocycles. The molecule has 2 N–H and O–H groups in total. The lowest BCUT2D eigenvalue weighted by Crippen LogP contribution is -2.49. The number of carbonyl (C=O) groups excluding carboxylic acids is 3. The molecule has 102 heavy (non-hydrogen) atoms. The Morgan fingerprint density at radius 2 is 0.775 bits per heavy atom. The number of phenolic OH excluding ortho intramolecular Hbond substituents is 2. The Hall–Kier alpha value is -5.00. The number of fused-ring (bicyclic) bond motifs is 24. The van der Waals surface area contributed by atoms with E-state index < -0.39 is 22.7 Å². The molecule has 0 heterocycles. The van der Waals surface area contributed by atoms with Gasteiger partial charge >= 0.3 is 0 Å². The Labute approximate surface area is 602 Å². The third kappa shape index (κ3) is 11.7. The summed E-state index contributed by atoms with van der Waals surface area (Å²) in [6.45, 7) is 10.1. The van der Waals surface area contributed by atoms with Crippen LogP contribution in [0.15, 0.2) is 107 Å². The quantitative estimate of drug-likeness (QED) is 0.203. The van der Waals surface area contributed by atoms with Crippen LogP contribution in [0.2, 0.25) is 0 Å². The van der Waals surface area contributed by atoms with Gasteiger partial charge in [-0.15, -0.1) is 0 Å². The van der Waals surface area contributed by atoms with E-state index in [4.69, 9.17) is 0 Å². The summed E-state index contributed by atoms with van der Waals surface area (Å²) in [7, 11) is 0. The van der Waals surface area contributed by atoms with Crippen LogP contribution in [0.5, 0.6) is 11.5 Å². The topological polar surface area (TPSA) is 91.7 Å². The van der Waals surface area contributed by atoms with Crippen molar-refractivity contribution in [3.63, 3.8) is 0 Å². The van der Waals surface area contributed by atoms with Crippen molar-refractivity contribution >= 4 is 17.3 Å². The minimum absolute atomic E-state index is 0.0693. The van der Waals surface area contributed by atoms with E-state index in [1.807, 2.05) is 68.5 Å². The molecular formula is C90H113F7O5. The summed E-state index contributed by atoms with van der Waals surface area (Å²) in [5.74, 6) is 5.90. The van der Waals surface area contributed by atoms with Crippen molar-refractivity contribution in [1.82, 2.24) is 0 Å². The number of hydrogen-bond donors (Lipinski definition) is 2. The fourth-order valence-electron chi connectivity index (χ4n) is 28.0. The number of phenols is 2. The van der Waals surface area contributed by atoms with Crippen molar-refractivity contribution in [2.45, 2.75) is 277 Å². The van der Waals surface area contributed by atoms with E-state index in [9.17, 15) is 55.3 Å². The van der Waals surface area contributed by atoms with Gasteiger partial charge in [-0.25, -0.2) is 30.7 Å². The molecule has 9 saturated carbocycles. The van der Waals surface area contributed by atoms with Gasteiger partial charge in [0, 0.05) is 65.6 Å². The number of aryl methyl sites for hydroxylation is 2. The Morgan fingerprint density at radius 1 is 0.373 bits per heavy atom. The zero-order valence-corrected chi connectivity index (χ0v) is 61.5. The van der Waals surface area contributed by atoms with Gasteiger partial charge in [0.15, 0.2) is 11.6 Å². The zero-order chi connectivity index (χ0) is 71.4. The van der Waals surface area contributed by atoms with Crippen LogP contribution in [-0.2, 0) is 27.2 Å². The van der Waals surface area contributed by atoms with Crippen LogP contribution in [0.25, 0.3) is 0 Å². The first-order chi connectivity index (χ1) is 48.6. The first-order valence-corrected chi connectivity index (χ1v) is 40.8. The number of rotatable bonds is 0. The number of carbonyl (C=O) groups is 3. The monoisotopic (exact) mass is 1410 g/mol. The van der Waals surface area contributed by atoms with Crippen molar-refractivity contribution in [2.24, 2.45) is 116 Å². The number of Topliss-reactive ketones (excluding diaryl/α,β-unsaturated/α-hetero) is 1. The molecule has 12 heteroatoms. The second kappa shape index (κ2) is 26.4. The number of benzene rings is 2. The molecular weight excluding hydrogens is 1290 g/mol. The van der Waals surface area contributed by atoms with E-state index in [0.717, 1.165) is 154 Å². The summed E-state index contributed by atoms with van der Waals surface area (Å²) in [5.41, 5.74) is 8.96. The standard InChI is InChI=1S/C18H24F2O.C18H22F2O.2C18H23FO.C18H21FO/c2*1-17-8-6-14-13-5-3-12(21)10-11(13)2-4-15(14)16(17)7-9-18(17,19)20;3*1-18-9-8-14-13-5-3-12(20)10-11(13)2-4-15(14)16(18)6-7-17(18)19/h10,13-16H,2-9H2,1H3;3,5,10,14-16,21H,2,4,6-9H2,1H3;7,14-16H,2-6,8-10H2,1H3;7,10,13-16H,2-6,8-9H2,1H3;3,5,7,10,14-16,20H,2,4,6,8-9H2,1H3/t13-,14?,15?,16?,17-;14?,15?,16?,17-;14?,15?,16?,18-;13-,14?,15?,16?,18-;14?,15?,16?,18-/m00000/s1. The highest BCUT2D eigenvalue weighted by Crippen LogP contribution is 2.70. The molecule has 9 fully saturated rings. The summed E-state index contributed by atoms with van der Waals surface area (Å²) in [6, 6.07) is 11.5. The molecule has 5 nitrogen and oxygen atoms in total. The van der Waals surface area contributed by atoms with Crippen LogP contribution in [0.1, 0.15) is 274 Å². The minimum atomic E-state index is -2.49. The van der Waals surface area contributed by atoms with Crippen LogP contribution in [0.4, 0.5) is 30.7 Å². The van der Waals surface area contributed by atoms with Gasteiger partial charge in [0.25, 0.3) is 11.8 Å². The number of halogens is 7. The average molecular weight is 1410 g/mol. The molecule has 20 rings (SSSR count). The van der Waals surface area contributed by atoms with Crippen LogP contribution in [0, 0.1) is 116 Å². The highest BCUT2D eigenvalue weighted by Gasteiger charge is 2.66. The normalized spacial score (nSPS) is 43.6. The lowest BCUT2D eigenvalue weighted by Gasteiger charge is -2.53. The van der Waals surface area contributed by atoms with E-state index in [1.54, 1.807) is 11.6 Å². The molecule has 0 radical (unpaired) electrons. The third-order valence-corrected chi connectivity index (χ3v) is 33.7. The van der Waals surface area contributed by atoms with E-state index in [0.29, 0.717) is 150 Å². The van der Waals surface area contributed by atoms with Gasteiger partial charge in [0.05, 0.1) is 0 Å². The predicted molar refractivity (Wildman–Crippen MR) is 385 cm³/mol. The van der Waals surface area contributed by atoms with Crippen LogP contribution >= 0.6 is 0 Å². The average Bonchev–Trinajstić information content (AvgIpc) is 1.55. The number of aromatic hydroxyl groups is 2. The molecule has 0 amide bonds. The van der Waals surface area contributed by atoms with Crippen LogP contribution in [-0.4, -0.2) is 39.4 Å². The maximum atomic E-state index is 14.4. The fraction of sp³-hybridized carbons (Fsp3) is 0.700. The van der Waals surface area contributed by atoms with E-state index in [1.165, 1.54) is 51.8 Å².